The first-order chi connectivity index (χ1) is 6.95. The van der Waals surface area contributed by atoms with Gasteiger partial charge in [0.2, 0.25) is 0 Å². The Kier molecular flexibility index (Phi) is 6.09. The second-order valence-corrected chi connectivity index (χ2v) is 3.32. The molecule has 0 aromatic rings. The van der Waals surface area contributed by atoms with Crippen LogP contribution in [0.3, 0.4) is 0 Å². The molecule has 0 aliphatic rings. The number of carboxylic acids is 2. The average Bonchev–Trinajstić information content (AvgIpc) is 2.16. The molecule has 0 spiro atoms. The number of carbonyl (C=O) groups is 2. The molecule has 0 saturated carbocycles. The van der Waals surface area contributed by atoms with E-state index in [1.165, 1.54) is 0 Å². The van der Waals surface area contributed by atoms with Gasteiger partial charge in [-0.05, 0) is 33.1 Å². The Bertz CT molecular complexity index is 270. The smallest absolute Gasteiger partial charge is 0.330 e. The van der Waals surface area contributed by atoms with Gasteiger partial charge in [0, 0.05) is 11.1 Å². The topological polar surface area (TPSA) is 74.6 Å². The highest BCUT2D eigenvalue weighted by atomic mass is 16.4. The van der Waals surface area contributed by atoms with Crippen LogP contribution in [0.15, 0.2) is 23.3 Å². The van der Waals surface area contributed by atoms with Crippen LogP contribution in [0, 0.1) is 0 Å². The normalized spacial score (nSPS) is 12.7. The van der Waals surface area contributed by atoms with Crippen LogP contribution in [-0.4, -0.2) is 22.2 Å². The predicted octanol–water partition coefficient (Wildman–Crippen LogP) is 2.22. The van der Waals surface area contributed by atoms with Crippen molar-refractivity contribution in [1.82, 2.24) is 0 Å². The summed E-state index contributed by atoms with van der Waals surface area (Å²) in [5.74, 6) is -1.82. The number of hydrogen-bond donors (Lipinski definition) is 2. The second-order valence-electron chi connectivity index (χ2n) is 3.32. The number of rotatable bonds is 6. The number of aliphatic carboxylic acids is 2. The van der Waals surface area contributed by atoms with Crippen LogP contribution in [0.5, 0.6) is 0 Å². The maximum Gasteiger partial charge on any atom is 0.330 e. The van der Waals surface area contributed by atoms with Gasteiger partial charge in [0.15, 0.2) is 0 Å². The summed E-state index contributed by atoms with van der Waals surface area (Å²) >= 11 is 0. The van der Waals surface area contributed by atoms with Crippen molar-refractivity contribution in [1.29, 1.82) is 0 Å². The van der Waals surface area contributed by atoms with Gasteiger partial charge in [-0.15, -0.1) is 0 Å². The minimum absolute atomic E-state index is 0.328. The Morgan fingerprint density at radius 3 is 1.53 bits per heavy atom. The Balaban J connectivity index is 3.83. The molecule has 0 unspecified atom stereocenters. The van der Waals surface area contributed by atoms with E-state index in [1.54, 1.807) is 26.0 Å². The SMILES string of the molecule is CC(=CCCCC=C(C)C(=O)O)C(=O)O. The molecule has 0 fully saturated rings. The van der Waals surface area contributed by atoms with Crippen molar-refractivity contribution in [3.05, 3.63) is 23.3 Å². The first-order valence-electron chi connectivity index (χ1n) is 4.75. The van der Waals surface area contributed by atoms with Crippen molar-refractivity contribution in [2.24, 2.45) is 0 Å². The summed E-state index contributed by atoms with van der Waals surface area (Å²) in [4.78, 5) is 20.8. The third kappa shape index (κ3) is 6.49. The maximum atomic E-state index is 10.4. The van der Waals surface area contributed by atoms with E-state index in [9.17, 15) is 9.59 Å². The minimum atomic E-state index is -0.910. The largest absolute Gasteiger partial charge is 0.478 e. The molecular formula is C11H16O4. The number of allylic oxidation sites excluding steroid dienone is 2. The standard InChI is InChI=1S/C11H16O4/c1-8(10(12)13)6-4-3-5-7-9(2)11(14)15/h6-7H,3-5H2,1-2H3,(H,12,13)(H,14,15). The van der Waals surface area contributed by atoms with Gasteiger partial charge in [-0.25, -0.2) is 9.59 Å². The van der Waals surface area contributed by atoms with E-state index < -0.39 is 11.9 Å². The van der Waals surface area contributed by atoms with Crippen molar-refractivity contribution in [2.75, 3.05) is 0 Å². The van der Waals surface area contributed by atoms with Gasteiger partial charge < -0.3 is 10.2 Å². The molecule has 0 amide bonds. The van der Waals surface area contributed by atoms with Gasteiger partial charge in [0.05, 0.1) is 0 Å². The molecule has 0 aromatic heterocycles. The number of hydrogen-bond acceptors (Lipinski definition) is 2. The lowest BCUT2D eigenvalue weighted by molar-refractivity contribution is -0.133. The third-order valence-corrected chi connectivity index (χ3v) is 1.98. The van der Waals surface area contributed by atoms with E-state index in [4.69, 9.17) is 10.2 Å². The minimum Gasteiger partial charge on any atom is -0.478 e. The molecule has 0 atom stereocenters. The fraction of sp³-hybridized carbons (Fsp3) is 0.455. The van der Waals surface area contributed by atoms with Gasteiger partial charge in [-0.1, -0.05) is 12.2 Å². The fourth-order valence-corrected chi connectivity index (χ4v) is 0.930. The van der Waals surface area contributed by atoms with E-state index in [0.717, 1.165) is 6.42 Å². The van der Waals surface area contributed by atoms with Crippen molar-refractivity contribution in [2.45, 2.75) is 33.1 Å². The highest BCUT2D eigenvalue weighted by Crippen LogP contribution is 2.04. The van der Waals surface area contributed by atoms with E-state index in [-0.39, 0.29) is 0 Å². The molecule has 15 heavy (non-hydrogen) atoms. The van der Waals surface area contributed by atoms with Gasteiger partial charge in [0.25, 0.3) is 0 Å². The first kappa shape index (κ1) is 13.4. The zero-order valence-corrected chi connectivity index (χ0v) is 8.99. The molecule has 4 nitrogen and oxygen atoms in total. The van der Waals surface area contributed by atoms with Gasteiger partial charge in [-0.2, -0.15) is 0 Å². The van der Waals surface area contributed by atoms with Crippen LogP contribution in [0.2, 0.25) is 0 Å². The summed E-state index contributed by atoms with van der Waals surface area (Å²) in [6.45, 7) is 3.08. The summed E-state index contributed by atoms with van der Waals surface area (Å²) in [5.41, 5.74) is 0.655. The second kappa shape index (κ2) is 6.81. The molecule has 4 heteroatoms. The molecule has 0 heterocycles. The molecule has 0 rings (SSSR count). The maximum absolute atomic E-state index is 10.4. The summed E-state index contributed by atoms with van der Waals surface area (Å²) < 4.78 is 0. The zero-order valence-electron chi connectivity index (χ0n) is 8.99. The number of unbranched alkanes of at least 4 members (excludes halogenated alkanes) is 2. The van der Waals surface area contributed by atoms with Crippen LogP contribution in [0.4, 0.5) is 0 Å². The lowest BCUT2D eigenvalue weighted by Crippen LogP contribution is -1.96. The van der Waals surface area contributed by atoms with Crippen LogP contribution >= 0.6 is 0 Å². The van der Waals surface area contributed by atoms with Gasteiger partial charge in [-0.3, -0.25) is 0 Å². The van der Waals surface area contributed by atoms with Gasteiger partial charge >= 0.3 is 11.9 Å². The summed E-state index contributed by atoms with van der Waals surface area (Å²) in [7, 11) is 0. The lowest BCUT2D eigenvalue weighted by Gasteiger charge is -1.95. The zero-order chi connectivity index (χ0) is 11.8. The summed E-state index contributed by atoms with van der Waals surface area (Å²) in [5, 5.41) is 17.1. The average molecular weight is 212 g/mol. The Labute approximate surface area is 88.9 Å². The quantitative estimate of drug-likeness (QED) is 0.523. The molecule has 0 bridgehead atoms. The molecular weight excluding hydrogens is 196 g/mol. The highest BCUT2D eigenvalue weighted by molar-refractivity contribution is 5.86. The molecule has 0 aliphatic carbocycles. The molecule has 2 N–H and O–H groups in total. The molecule has 0 saturated heterocycles. The molecule has 84 valence electrons. The third-order valence-electron chi connectivity index (χ3n) is 1.98. The molecule has 0 radical (unpaired) electrons. The van der Waals surface area contributed by atoms with Crippen LogP contribution < -0.4 is 0 Å². The van der Waals surface area contributed by atoms with Crippen molar-refractivity contribution >= 4 is 11.9 Å². The Morgan fingerprint density at radius 2 is 1.27 bits per heavy atom. The summed E-state index contributed by atoms with van der Waals surface area (Å²) in [6, 6.07) is 0. The van der Waals surface area contributed by atoms with Crippen molar-refractivity contribution in [3.8, 4) is 0 Å². The van der Waals surface area contributed by atoms with Crippen molar-refractivity contribution in [3.63, 3.8) is 0 Å². The van der Waals surface area contributed by atoms with E-state index in [1.807, 2.05) is 0 Å². The monoisotopic (exact) mass is 212 g/mol. The van der Waals surface area contributed by atoms with Crippen LogP contribution in [0.25, 0.3) is 0 Å². The Morgan fingerprint density at radius 1 is 0.933 bits per heavy atom. The summed E-state index contributed by atoms with van der Waals surface area (Å²) in [6.07, 6.45) is 5.36. The lowest BCUT2D eigenvalue weighted by atomic mass is 10.1. The number of carboxylic acid groups (broad SMARTS) is 2. The molecule has 0 aliphatic heterocycles. The fourth-order valence-electron chi connectivity index (χ4n) is 0.930. The molecule has 0 aromatic carbocycles. The van der Waals surface area contributed by atoms with E-state index >= 15 is 0 Å². The first-order valence-corrected chi connectivity index (χ1v) is 4.75. The van der Waals surface area contributed by atoms with Crippen molar-refractivity contribution < 1.29 is 19.8 Å². The van der Waals surface area contributed by atoms with E-state index in [0.29, 0.717) is 24.0 Å². The Hall–Kier alpha value is -1.58. The van der Waals surface area contributed by atoms with Gasteiger partial charge in [0.1, 0.15) is 0 Å². The van der Waals surface area contributed by atoms with Crippen LogP contribution in [-0.2, 0) is 9.59 Å². The predicted molar refractivity (Wildman–Crippen MR) is 56.6 cm³/mol. The van der Waals surface area contributed by atoms with E-state index in [2.05, 4.69) is 0 Å². The van der Waals surface area contributed by atoms with Crippen LogP contribution in [0.1, 0.15) is 33.1 Å². The highest BCUT2D eigenvalue weighted by Gasteiger charge is 1.99.